The summed E-state index contributed by atoms with van der Waals surface area (Å²) in [6.07, 6.45) is 0.913. The third kappa shape index (κ3) is 2.93. The predicted octanol–water partition coefficient (Wildman–Crippen LogP) is 1.97. The monoisotopic (exact) mass is 383 g/mol. The van der Waals surface area contributed by atoms with Gasteiger partial charge in [0.25, 0.3) is 5.56 Å². The van der Waals surface area contributed by atoms with Gasteiger partial charge in [-0.05, 0) is 23.4 Å². The maximum absolute atomic E-state index is 12.7. The number of para-hydroxylation sites is 2. The number of hydrogen-bond donors (Lipinski definition) is 1. The van der Waals surface area contributed by atoms with Gasteiger partial charge in [0.05, 0.1) is 36.0 Å². The lowest BCUT2D eigenvalue weighted by molar-refractivity contribution is 0.182. The lowest BCUT2D eigenvalue weighted by atomic mass is 10.1. The molecule has 2 aromatic heterocycles. The summed E-state index contributed by atoms with van der Waals surface area (Å²) in [5, 5.41) is 8.17. The molecule has 1 saturated heterocycles. The molecule has 27 heavy (non-hydrogen) atoms. The van der Waals surface area contributed by atoms with E-state index in [1.54, 1.807) is 10.7 Å². The molecule has 0 bridgehead atoms. The SMILES string of the molecule is Cn1c(NC2COCC2n2nc3c(cc2=O)CSCC3)nc2ccccc21. The summed E-state index contributed by atoms with van der Waals surface area (Å²) in [6, 6.07) is 9.58. The molecule has 1 N–H and O–H groups in total. The van der Waals surface area contributed by atoms with Crippen LogP contribution in [0.3, 0.4) is 0 Å². The minimum atomic E-state index is -0.141. The highest BCUT2D eigenvalue weighted by atomic mass is 32.2. The normalized spacial score (nSPS) is 22.1. The van der Waals surface area contributed by atoms with Crippen molar-refractivity contribution in [2.24, 2.45) is 7.05 Å². The minimum Gasteiger partial charge on any atom is -0.377 e. The number of anilines is 1. The smallest absolute Gasteiger partial charge is 0.267 e. The van der Waals surface area contributed by atoms with Gasteiger partial charge in [-0.1, -0.05) is 12.1 Å². The summed E-state index contributed by atoms with van der Waals surface area (Å²) in [6.45, 7) is 0.997. The molecular formula is C19H21N5O2S. The fourth-order valence-corrected chi connectivity index (χ4v) is 4.78. The highest BCUT2D eigenvalue weighted by Crippen LogP contribution is 2.26. The molecule has 3 aromatic rings. The van der Waals surface area contributed by atoms with Crippen molar-refractivity contribution in [3.63, 3.8) is 0 Å². The number of aryl methyl sites for hydroxylation is 2. The van der Waals surface area contributed by atoms with Crippen molar-refractivity contribution in [3.05, 3.63) is 51.9 Å². The van der Waals surface area contributed by atoms with Crippen LogP contribution in [0.1, 0.15) is 17.3 Å². The second kappa shape index (κ2) is 6.69. The van der Waals surface area contributed by atoms with Crippen LogP contribution in [-0.4, -0.2) is 44.3 Å². The van der Waals surface area contributed by atoms with Gasteiger partial charge in [-0.2, -0.15) is 16.9 Å². The van der Waals surface area contributed by atoms with Crippen LogP contribution in [0.5, 0.6) is 0 Å². The van der Waals surface area contributed by atoms with E-state index in [0.29, 0.717) is 13.2 Å². The summed E-state index contributed by atoms with van der Waals surface area (Å²) in [5.41, 5.74) is 4.08. The fraction of sp³-hybridized carbons (Fsp3) is 0.421. The predicted molar refractivity (Wildman–Crippen MR) is 106 cm³/mol. The van der Waals surface area contributed by atoms with E-state index < -0.39 is 0 Å². The molecule has 2 atom stereocenters. The van der Waals surface area contributed by atoms with Crippen LogP contribution in [0, 0.1) is 0 Å². The van der Waals surface area contributed by atoms with Gasteiger partial charge in [0.15, 0.2) is 0 Å². The average Bonchev–Trinajstić information content (AvgIpc) is 3.26. The van der Waals surface area contributed by atoms with Crippen molar-refractivity contribution >= 4 is 28.7 Å². The van der Waals surface area contributed by atoms with Gasteiger partial charge < -0.3 is 14.6 Å². The minimum absolute atomic E-state index is 0.0523. The second-order valence-electron chi connectivity index (χ2n) is 7.04. The molecule has 140 valence electrons. The van der Waals surface area contributed by atoms with Crippen molar-refractivity contribution in [2.75, 3.05) is 24.3 Å². The van der Waals surface area contributed by atoms with E-state index in [-0.39, 0.29) is 17.6 Å². The van der Waals surface area contributed by atoms with Crippen LogP contribution in [-0.2, 0) is 24.0 Å². The van der Waals surface area contributed by atoms with Crippen LogP contribution in [0.4, 0.5) is 5.95 Å². The number of nitrogens with zero attached hydrogens (tertiary/aromatic N) is 4. The molecule has 1 aromatic carbocycles. The third-order valence-corrected chi connectivity index (χ3v) is 6.34. The molecule has 2 aliphatic heterocycles. The van der Waals surface area contributed by atoms with Gasteiger partial charge in [-0.15, -0.1) is 0 Å². The van der Waals surface area contributed by atoms with Gasteiger partial charge in [-0.3, -0.25) is 4.79 Å². The Morgan fingerprint density at radius 3 is 3.07 bits per heavy atom. The summed E-state index contributed by atoms with van der Waals surface area (Å²) in [7, 11) is 1.99. The maximum atomic E-state index is 12.7. The maximum Gasteiger partial charge on any atom is 0.267 e. The van der Waals surface area contributed by atoms with Crippen molar-refractivity contribution < 1.29 is 4.74 Å². The lowest BCUT2D eigenvalue weighted by Crippen LogP contribution is -2.38. The number of benzene rings is 1. The Morgan fingerprint density at radius 1 is 1.30 bits per heavy atom. The van der Waals surface area contributed by atoms with E-state index in [1.807, 2.05) is 47.6 Å². The van der Waals surface area contributed by atoms with Crippen molar-refractivity contribution in [2.45, 2.75) is 24.3 Å². The van der Waals surface area contributed by atoms with Crippen LogP contribution < -0.4 is 10.9 Å². The second-order valence-corrected chi connectivity index (χ2v) is 8.15. The zero-order valence-corrected chi connectivity index (χ0v) is 15.9. The molecule has 7 nitrogen and oxygen atoms in total. The van der Waals surface area contributed by atoms with Gasteiger partial charge in [0.1, 0.15) is 6.04 Å². The Morgan fingerprint density at radius 2 is 2.19 bits per heavy atom. The van der Waals surface area contributed by atoms with Gasteiger partial charge >= 0.3 is 0 Å². The number of rotatable bonds is 3. The Labute approximate surface area is 160 Å². The van der Waals surface area contributed by atoms with Crippen molar-refractivity contribution in [3.8, 4) is 0 Å². The van der Waals surface area contributed by atoms with E-state index >= 15 is 0 Å². The summed E-state index contributed by atoms with van der Waals surface area (Å²) < 4.78 is 9.35. The molecule has 0 amide bonds. The zero-order valence-electron chi connectivity index (χ0n) is 15.1. The first kappa shape index (κ1) is 16.8. The molecule has 2 unspecified atom stereocenters. The Bertz CT molecular complexity index is 1060. The molecule has 5 rings (SSSR count). The van der Waals surface area contributed by atoms with Crippen molar-refractivity contribution in [1.82, 2.24) is 19.3 Å². The molecular weight excluding hydrogens is 362 g/mol. The van der Waals surface area contributed by atoms with Crippen molar-refractivity contribution in [1.29, 1.82) is 0 Å². The number of imidazole rings is 1. The van der Waals surface area contributed by atoms with E-state index in [0.717, 1.165) is 46.2 Å². The third-order valence-electron chi connectivity index (χ3n) is 5.33. The zero-order chi connectivity index (χ0) is 18.4. The molecule has 0 radical (unpaired) electrons. The molecule has 2 aliphatic rings. The Kier molecular flexibility index (Phi) is 4.17. The number of thioether (sulfide) groups is 1. The first-order valence-electron chi connectivity index (χ1n) is 9.16. The lowest BCUT2D eigenvalue weighted by Gasteiger charge is -2.23. The van der Waals surface area contributed by atoms with E-state index in [2.05, 4.69) is 10.3 Å². The topological polar surface area (TPSA) is 74.0 Å². The number of nitrogens with one attached hydrogen (secondary N) is 1. The van der Waals surface area contributed by atoms with Crippen LogP contribution in [0.15, 0.2) is 35.1 Å². The summed E-state index contributed by atoms with van der Waals surface area (Å²) in [4.78, 5) is 17.4. The largest absolute Gasteiger partial charge is 0.377 e. The Hall–Kier alpha value is -2.32. The first-order chi connectivity index (χ1) is 13.2. The van der Waals surface area contributed by atoms with Crippen LogP contribution >= 0.6 is 11.8 Å². The van der Waals surface area contributed by atoms with Gasteiger partial charge in [0, 0.05) is 25.3 Å². The quantitative estimate of drug-likeness (QED) is 0.745. The van der Waals surface area contributed by atoms with Gasteiger partial charge in [0.2, 0.25) is 5.95 Å². The number of fused-ring (bicyclic) bond motifs is 2. The molecule has 8 heteroatoms. The van der Waals surface area contributed by atoms with E-state index in [9.17, 15) is 4.79 Å². The molecule has 1 fully saturated rings. The molecule has 4 heterocycles. The number of hydrogen-bond acceptors (Lipinski definition) is 6. The van der Waals surface area contributed by atoms with E-state index in [1.165, 1.54) is 0 Å². The summed E-state index contributed by atoms with van der Waals surface area (Å²) >= 11 is 1.85. The van der Waals surface area contributed by atoms with Crippen LogP contribution in [0.25, 0.3) is 11.0 Å². The number of aromatic nitrogens is 4. The summed E-state index contributed by atoms with van der Waals surface area (Å²) in [5.74, 6) is 2.71. The highest BCUT2D eigenvalue weighted by Gasteiger charge is 2.33. The fourth-order valence-electron chi connectivity index (χ4n) is 3.83. The standard InChI is InChI=1S/C19H21N5O2S/c1-23-16-5-3-2-4-14(16)20-19(23)21-15-9-26-10-17(15)24-18(25)8-12-11-27-7-6-13(12)22-24/h2-5,8,15,17H,6-7,9-11H2,1H3,(H,20,21). The molecule has 0 saturated carbocycles. The van der Waals surface area contributed by atoms with E-state index in [4.69, 9.17) is 9.84 Å². The van der Waals surface area contributed by atoms with Crippen LogP contribution in [0.2, 0.25) is 0 Å². The number of ether oxygens (including phenoxy) is 1. The van der Waals surface area contributed by atoms with Gasteiger partial charge in [-0.25, -0.2) is 9.67 Å². The average molecular weight is 383 g/mol. The highest BCUT2D eigenvalue weighted by molar-refractivity contribution is 7.98. The Balaban J connectivity index is 1.47. The molecule has 0 spiro atoms. The molecule has 0 aliphatic carbocycles. The first-order valence-corrected chi connectivity index (χ1v) is 10.3.